The number of phenols is 1. The Kier molecular flexibility index (Phi) is 9.50. The molecular weight excluding hydrogens is 974 g/mol. The second-order valence-corrected chi connectivity index (χ2v) is 18.9. The van der Waals surface area contributed by atoms with E-state index in [1.165, 1.54) is 17.8 Å². The molecule has 6 aromatic carbocycles. The van der Waals surface area contributed by atoms with Crippen LogP contribution in [0.4, 0.5) is 0 Å². The van der Waals surface area contributed by atoms with Gasteiger partial charge < -0.3 is 5.11 Å². The Morgan fingerprint density at radius 2 is 1.40 bits per heavy atom. The zero-order valence-electron chi connectivity index (χ0n) is 51.4. The number of fused-ring (bicyclic) bond motifs is 1. The molecule has 0 aliphatic heterocycles. The molecule has 1 N–H and O–H groups in total. The molecule has 4 nitrogen and oxygen atoms in total. The molecule has 0 amide bonds. The van der Waals surface area contributed by atoms with Gasteiger partial charge in [0.2, 0.25) is 0 Å². The first-order valence-corrected chi connectivity index (χ1v) is 22.0. The van der Waals surface area contributed by atoms with Gasteiger partial charge in [0.25, 0.3) is 0 Å². The van der Waals surface area contributed by atoms with Crippen LogP contribution in [0.3, 0.4) is 0 Å². The number of phenolic OH excluding ortho intramolecular Hbond substituents is 1. The third kappa shape index (κ3) is 9.85. The van der Waals surface area contributed by atoms with Crippen LogP contribution in [0.5, 0.6) is 5.75 Å². The monoisotopic (exact) mass is 1050 g/mol. The van der Waals surface area contributed by atoms with E-state index in [4.69, 9.17) is 27.8 Å². The molecule has 5 heteroatoms. The number of nitrogens with zero attached hydrogens (tertiary/aromatic N) is 3. The minimum atomic E-state index is -3.81. The molecule has 0 radical (unpaired) electrons. The first-order chi connectivity index (χ1) is 35.8. The van der Waals surface area contributed by atoms with Gasteiger partial charge in [-0.2, -0.15) is 0 Å². The van der Waals surface area contributed by atoms with E-state index >= 15 is 0 Å². The van der Waals surface area contributed by atoms with E-state index in [2.05, 4.69) is 115 Å². The van der Waals surface area contributed by atoms with Crippen molar-refractivity contribution in [2.45, 2.75) is 112 Å². The maximum Gasteiger partial charge on any atom is 0.148 e. The molecule has 0 fully saturated rings. The predicted octanol–water partition coefficient (Wildman–Crippen LogP) is 16.3. The maximum absolute atomic E-state index is 12.3. The van der Waals surface area contributed by atoms with E-state index in [1.807, 2.05) is 48.5 Å². The Morgan fingerprint density at radius 3 is 2.06 bits per heavy atom. The fourth-order valence-corrected chi connectivity index (χ4v) is 8.27. The van der Waals surface area contributed by atoms with Gasteiger partial charge in [-0.1, -0.05) is 179 Å². The number of aromatic nitrogens is 3. The fraction of sp³-hybridized carbons (Fsp3) is 0.300. The normalized spacial score (nSPS) is 15.6. The second kappa shape index (κ2) is 18.7. The topological polar surface area (TPSA) is 50.9 Å². The van der Waals surface area contributed by atoms with Gasteiger partial charge in [-0.05, 0) is 110 Å². The van der Waals surface area contributed by atoms with Gasteiger partial charge in [0, 0.05) is 51.0 Å². The van der Waals surface area contributed by atoms with Crippen molar-refractivity contribution in [3.63, 3.8) is 0 Å². The number of benzene rings is 6. The van der Waals surface area contributed by atoms with Crippen LogP contribution in [-0.2, 0) is 38.3 Å². The molecule has 0 aliphatic carbocycles. The minimum absolute atomic E-state index is 0. The van der Waals surface area contributed by atoms with E-state index in [1.54, 1.807) is 6.07 Å². The quantitative estimate of drug-likeness (QED) is 0.139. The molecule has 0 saturated carbocycles. The van der Waals surface area contributed by atoms with Crippen molar-refractivity contribution in [1.82, 2.24) is 14.5 Å². The van der Waals surface area contributed by atoms with E-state index in [0.29, 0.717) is 39.6 Å². The molecule has 8 rings (SSSR count). The third-order valence-corrected chi connectivity index (χ3v) is 11.8. The number of pyridine rings is 1. The fourth-order valence-electron chi connectivity index (χ4n) is 8.27. The Morgan fingerprint density at radius 1 is 0.677 bits per heavy atom. The van der Waals surface area contributed by atoms with Gasteiger partial charge in [0.15, 0.2) is 0 Å². The van der Waals surface area contributed by atoms with Crippen molar-refractivity contribution in [3.8, 4) is 67.5 Å². The van der Waals surface area contributed by atoms with E-state index < -0.39 is 61.1 Å². The van der Waals surface area contributed by atoms with Crippen LogP contribution < -0.4 is 0 Å². The molecule has 0 spiro atoms. The standard InChI is InChI=1S/C60H64N3O.Pt/c1-37(2)29-44-33-49(25-26-50(44)41-17-14-13-15-18-41)63-55-20-16-19-51(56(55)62-58(63)53-35-43(38(3)4)34-52(39(5)6)57(53)64)45-30-46(32-48(31-45)60(10,11)12)54-36-42(27-28-61-54)40-21-23-47(24-22-40)59(7,8)9;/h13-28,31-39,64H,29H2,1-12H3;/q-1;/i7D3,8D3,9D3,21D,22D,23D,24D;. The molecule has 0 unspecified atom stereocenters. The van der Waals surface area contributed by atoms with Gasteiger partial charge in [-0.25, -0.2) is 4.98 Å². The first-order valence-electron chi connectivity index (χ1n) is 28.5. The van der Waals surface area contributed by atoms with Crippen molar-refractivity contribution in [2.75, 3.05) is 0 Å². The molecule has 0 aliphatic rings. The Bertz CT molecular complexity index is 3490. The van der Waals surface area contributed by atoms with Crippen molar-refractivity contribution in [1.29, 1.82) is 0 Å². The van der Waals surface area contributed by atoms with Crippen molar-refractivity contribution < 1.29 is 44.0 Å². The molecule has 0 saturated heterocycles. The molecule has 8 aromatic rings. The number of hydrogen-bond donors (Lipinski definition) is 1. The van der Waals surface area contributed by atoms with Crippen LogP contribution >= 0.6 is 0 Å². The van der Waals surface area contributed by atoms with E-state index in [-0.39, 0.29) is 49.8 Å². The van der Waals surface area contributed by atoms with Crippen molar-refractivity contribution >= 4 is 11.0 Å². The average molecular weight is 1050 g/mol. The summed E-state index contributed by atoms with van der Waals surface area (Å²) in [4.78, 5) is 10.2. The molecule has 65 heavy (non-hydrogen) atoms. The molecule has 2 aromatic heterocycles. The van der Waals surface area contributed by atoms with Gasteiger partial charge in [0.1, 0.15) is 11.6 Å². The minimum Gasteiger partial charge on any atom is -0.507 e. The zero-order valence-corrected chi connectivity index (χ0v) is 40.7. The summed E-state index contributed by atoms with van der Waals surface area (Å²) in [6.45, 7) is 7.59. The average Bonchev–Trinajstić information content (AvgIpc) is 3.89. The summed E-state index contributed by atoms with van der Waals surface area (Å²) in [6.07, 6.45) is 2.24. The van der Waals surface area contributed by atoms with Gasteiger partial charge in [0.05, 0.1) is 22.1 Å². The zero-order chi connectivity index (χ0) is 56.6. The Balaban J connectivity index is 0.00000882. The summed E-state index contributed by atoms with van der Waals surface area (Å²) in [7, 11) is 0. The van der Waals surface area contributed by atoms with Crippen molar-refractivity contribution in [2.24, 2.45) is 5.92 Å². The summed E-state index contributed by atoms with van der Waals surface area (Å²) in [6, 6.07) is 33.7. The van der Waals surface area contributed by atoms with Crippen LogP contribution in [0.25, 0.3) is 72.7 Å². The molecule has 336 valence electrons. The van der Waals surface area contributed by atoms with Gasteiger partial charge >= 0.3 is 0 Å². The second-order valence-electron chi connectivity index (χ2n) is 18.9. The maximum atomic E-state index is 12.3. The van der Waals surface area contributed by atoms with E-state index in [0.717, 1.165) is 51.0 Å². The van der Waals surface area contributed by atoms with Crippen LogP contribution in [0.1, 0.15) is 140 Å². The third-order valence-electron chi connectivity index (χ3n) is 11.8. The number of hydrogen-bond acceptors (Lipinski definition) is 3. The van der Waals surface area contributed by atoms with Gasteiger partial charge in [-0.15, -0.1) is 29.3 Å². The first kappa shape index (κ1) is 33.0. The summed E-state index contributed by atoms with van der Waals surface area (Å²) in [5.74, 6) is 1.22. The van der Waals surface area contributed by atoms with Crippen LogP contribution in [0.15, 0.2) is 133 Å². The number of para-hydroxylation sites is 1. The summed E-state index contributed by atoms with van der Waals surface area (Å²) >= 11 is 0. The molecule has 2 heterocycles. The number of rotatable bonds is 10. The number of imidazole rings is 1. The van der Waals surface area contributed by atoms with Crippen LogP contribution in [-0.4, -0.2) is 19.6 Å². The van der Waals surface area contributed by atoms with Crippen molar-refractivity contribution in [3.05, 3.63) is 167 Å². The Hall–Kier alpha value is -5.57. The molecular formula is C60H64N3OPt-. The largest absolute Gasteiger partial charge is 0.507 e. The van der Waals surface area contributed by atoms with E-state index in [9.17, 15) is 5.11 Å². The van der Waals surface area contributed by atoms with Crippen LogP contribution in [0.2, 0.25) is 0 Å². The predicted molar refractivity (Wildman–Crippen MR) is 271 cm³/mol. The Labute approximate surface area is 420 Å². The molecule has 0 atom stereocenters. The number of aromatic hydroxyl groups is 1. The summed E-state index contributed by atoms with van der Waals surface area (Å²) < 4.78 is 113. The SMILES string of the molecule is [2H]c1c([2H])c(C(C([2H])([2H])[2H])(C([2H])([2H])[2H])C([2H])([2H])[2H])c([2H])c([2H])c1-c1ccnc(-c2[c-]c(-c3cccc4c3nc(-c3cc(C(C)C)cc(C(C)C)c3O)n4-c3ccc(-c4ccccc4)c(CC(C)C)c3)cc(C(C)(C)C)c2)c1.[Pt]. The van der Waals surface area contributed by atoms with Crippen LogP contribution in [0, 0.1) is 12.0 Å². The summed E-state index contributed by atoms with van der Waals surface area (Å²) in [5.41, 5.74) is 5.68. The van der Waals surface area contributed by atoms with Gasteiger partial charge in [-0.3, -0.25) is 9.55 Å². The molecule has 0 bridgehead atoms. The smallest absolute Gasteiger partial charge is 0.148 e. The summed E-state index contributed by atoms with van der Waals surface area (Å²) in [5, 5.41) is 12.3.